The fraction of sp³-hybridized carbons (Fsp3) is 0.562. The molecule has 0 aliphatic heterocycles. The van der Waals surface area contributed by atoms with Gasteiger partial charge in [0.25, 0.3) is 0 Å². The van der Waals surface area contributed by atoms with Crippen LogP contribution < -0.4 is 14.8 Å². The van der Waals surface area contributed by atoms with Gasteiger partial charge in [0.2, 0.25) is 0 Å². The van der Waals surface area contributed by atoms with Crippen molar-refractivity contribution < 1.29 is 9.47 Å². The van der Waals surface area contributed by atoms with Crippen LogP contribution in [-0.2, 0) is 0 Å². The van der Waals surface area contributed by atoms with Crippen molar-refractivity contribution in [1.29, 1.82) is 5.26 Å². The van der Waals surface area contributed by atoms with Gasteiger partial charge >= 0.3 is 0 Å². The van der Waals surface area contributed by atoms with Crippen molar-refractivity contribution in [3.8, 4) is 17.6 Å². The van der Waals surface area contributed by atoms with Crippen LogP contribution in [-0.4, -0.2) is 45.8 Å². The van der Waals surface area contributed by atoms with Crippen LogP contribution in [0.3, 0.4) is 0 Å². The highest BCUT2D eigenvalue weighted by Crippen LogP contribution is 2.30. The number of likely N-dealkylation sites (N-methyl/N-ethyl adjacent to an activating group) is 1. The first-order valence-electron chi connectivity index (χ1n) is 7.20. The molecule has 0 aromatic heterocycles. The van der Waals surface area contributed by atoms with E-state index in [4.69, 9.17) is 9.47 Å². The fourth-order valence-corrected chi connectivity index (χ4v) is 1.87. The van der Waals surface area contributed by atoms with E-state index in [1.807, 2.05) is 32.3 Å². The smallest absolute Gasteiger partial charge is 0.161 e. The van der Waals surface area contributed by atoms with Crippen molar-refractivity contribution in [3.63, 3.8) is 0 Å². The van der Waals surface area contributed by atoms with Crippen LogP contribution in [0.2, 0.25) is 0 Å². The molecule has 5 heteroatoms. The Morgan fingerprint density at radius 3 is 2.67 bits per heavy atom. The summed E-state index contributed by atoms with van der Waals surface area (Å²) in [5.41, 5.74) is 0.886. The molecule has 0 aliphatic rings. The molecule has 0 saturated heterocycles. The summed E-state index contributed by atoms with van der Waals surface area (Å²) in [7, 11) is 5.62. The highest BCUT2D eigenvalue weighted by molar-refractivity contribution is 5.44. The first-order chi connectivity index (χ1) is 10.1. The number of ether oxygens (including phenoxy) is 2. The first kappa shape index (κ1) is 17.3. The highest BCUT2D eigenvalue weighted by atomic mass is 16.5. The number of rotatable bonds is 9. The van der Waals surface area contributed by atoms with Crippen molar-refractivity contribution in [1.82, 2.24) is 10.2 Å². The van der Waals surface area contributed by atoms with Crippen LogP contribution in [0, 0.1) is 11.3 Å². The van der Waals surface area contributed by atoms with Gasteiger partial charge < -0.3 is 14.4 Å². The lowest BCUT2D eigenvalue weighted by Crippen LogP contribution is -2.29. The summed E-state index contributed by atoms with van der Waals surface area (Å²) in [5, 5.41) is 12.6. The molecule has 1 aromatic carbocycles. The minimum Gasteiger partial charge on any atom is -0.493 e. The molecule has 0 saturated carbocycles. The van der Waals surface area contributed by atoms with Crippen LogP contribution in [0.4, 0.5) is 0 Å². The second kappa shape index (κ2) is 9.22. The van der Waals surface area contributed by atoms with E-state index in [9.17, 15) is 5.26 Å². The van der Waals surface area contributed by atoms with Crippen LogP contribution in [0.15, 0.2) is 18.2 Å². The third-order valence-corrected chi connectivity index (χ3v) is 3.02. The SMILES string of the molecule is CCCOc1ccc(C(C#N)NCCN(C)C)cc1OC. The van der Waals surface area contributed by atoms with Gasteiger partial charge in [0.05, 0.1) is 19.8 Å². The molecular weight excluding hydrogens is 266 g/mol. The van der Waals surface area contributed by atoms with Crippen LogP contribution in [0.1, 0.15) is 24.9 Å². The molecule has 0 bridgehead atoms. The molecule has 1 rings (SSSR count). The standard InChI is InChI=1S/C16H25N3O2/c1-5-10-21-15-7-6-13(11-16(15)20-4)14(12-17)18-8-9-19(2)3/h6-7,11,14,18H,5,8-10H2,1-4H3. The third-order valence-electron chi connectivity index (χ3n) is 3.02. The van der Waals surface area contributed by atoms with Gasteiger partial charge in [-0.05, 0) is 38.2 Å². The Kier molecular flexibility index (Phi) is 7.59. The monoisotopic (exact) mass is 291 g/mol. The first-order valence-corrected chi connectivity index (χ1v) is 7.20. The Labute approximate surface area is 127 Å². The van der Waals surface area contributed by atoms with Crippen molar-refractivity contribution in [2.24, 2.45) is 0 Å². The van der Waals surface area contributed by atoms with E-state index < -0.39 is 0 Å². The number of hydrogen-bond donors (Lipinski definition) is 1. The van der Waals surface area contributed by atoms with Crippen molar-refractivity contribution >= 4 is 0 Å². The molecule has 116 valence electrons. The molecule has 0 radical (unpaired) electrons. The van der Waals surface area contributed by atoms with E-state index >= 15 is 0 Å². The molecular formula is C16H25N3O2. The predicted octanol–water partition coefficient (Wildman–Crippen LogP) is 2.20. The van der Waals surface area contributed by atoms with Gasteiger partial charge in [0, 0.05) is 13.1 Å². The molecule has 5 nitrogen and oxygen atoms in total. The summed E-state index contributed by atoms with van der Waals surface area (Å²) < 4.78 is 11.0. The van der Waals surface area contributed by atoms with E-state index in [1.54, 1.807) is 7.11 Å². The lowest BCUT2D eigenvalue weighted by Gasteiger charge is -2.16. The molecule has 0 spiro atoms. The second-order valence-electron chi connectivity index (χ2n) is 5.08. The molecule has 1 atom stereocenters. The molecule has 0 amide bonds. The highest BCUT2D eigenvalue weighted by Gasteiger charge is 2.13. The number of nitrogens with zero attached hydrogens (tertiary/aromatic N) is 2. The number of methoxy groups -OCH3 is 1. The van der Waals surface area contributed by atoms with Crippen molar-refractivity contribution in [2.45, 2.75) is 19.4 Å². The normalized spacial score (nSPS) is 12.0. The number of nitrogens with one attached hydrogen (secondary N) is 1. The zero-order valence-electron chi connectivity index (χ0n) is 13.3. The zero-order valence-corrected chi connectivity index (χ0v) is 13.3. The molecule has 21 heavy (non-hydrogen) atoms. The summed E-state index contributed by atoms with van der Waals surface area (Å²) >= 11 is 0. The van der Waals surface area contributed by atoms with Gasteiger partial charge in [-0.2, -0.15) is 5.26 Å². The minimum absolute atomic E-state index is 0.348. The van der Waals surface area contributed by atoms with Gasteiger partial charge in [-0.1, -0.05) is 13.0 Å². The minimum atomic E-state index is -0.348. The molecule has 1 aromatic rings. The molecule has 0 aliphatic carbocycles. The fourth-order valence-electron chi connectivity index (χ4n) is 1.87. The number of benzene rings is 1. The van der Waals surface area contributed by atoms with Gasteiger partial charge in [0.15, 0.2) is 11.5 Å². The topological polar surface area (TPSA) is 57.5 Å². The van der Waals surface area contributed by atoms with Crippen LogP contribution in [0.5, 0.6) is 11.5 Å². The van der Waals surface area contributed by atoms with Gasteiger partial charge in [-0.15, -0.1) is 0 Å². The largest absolute Gasteiger partial charge is 0.493 e. The van der Waals surface area contributed by atoms with Crippen LogP contribution in [0.25, 0.3) is 0 Å². The van der Waals surface area contributed by atoms with E-state index in [0.29, 0.717) is 18.1 Å². The quantitative estimate of drug-likeness (QED) is 0.756. The summed E-state index contributed by atoms with van der Waals surface area (Å²) in [6.45, 7) is 4.34. The third kappa shape index (κ3) is 5.62. The maximum atomic E-state index is 9.32. The van der Waals surface area contributed by atoms with E-state index in [-0.39, 0.29) is 6.04 Å². The number of nitriles is 1. The predicted molar refractivity (Wildman–Crippen MR) is 83.7 cm³/mol. The zero-order chi connectivity index (χ0) is 15.7. The number of hydrogen-bond acceptors (Lipinski definition) is 5. The molecule has 1 unspecified atom stereocenters. The Morgan fingerprint density at radius 1 is 1.33 bits per heavy atom. The molecule has 1 N–H and O–H groups in total. The average Bonchev–Trinajstić information content (AvgIpc) is 2.49. The van der Waals surface area contributed by atoms with E-state index in [0.717, 1.165) is 25.1 Å². The summed E-state index contributed by atoms with van der Waals surface area (Å²) in [6.07, 6.45) is 0.942. The van der Waals surface area contributed by atoms with Crippen molar-refractivity contribution in [2.75, 3.05) is 40.9 Å². The maximum Gasteiger partial charge on any atom is 0.161 e. The van der Waals surface area contributed by atoms with E-state index in [1.165, 1.54) is 0 Å². The average molecular weight is 291 g/mol. The summed E-state index contributed by atoms with van der Waals surface area (Å²) in [4.78, 5) is 2.07. The maximum absolute atomic E-state index is 9.32. The van der Waals surface area contributed by atoms with Crippen LogP contribution >= 0.6 is 0 Å². The van der Waals surface area contributed by atoms with Gasteiger partial charge in [0.1, 0.15) is 6.04 Å². The Morgan fingerprint density at radius 2 is 2.10 bits per heavy atom. The van der Waals surface area contributed by atoms with Crippen molar-refractivity contribution in [3.05, 3.63) is 23.8 Å². The Bertz CT molecular complexity index is 469. The summed E-state index contributed by atoms with van der Waals surface area (Å²) in [6, 6.07) is 7.56. The lowest BCUT2D eigenvalue weighted by atomic mass is 10.1. The van der Waals surface area contributed by atoms with Gasteiger partial charge in [-0.25, -0.2) is 0 Å². The van der Waals surface area contributed by atoms with Gasteiger partial charge in [-0.3, -0.25) is 5.32 Å². The summed E-state index contributed by atoms with van der Waals surface area (Å²) in [5.74, 6) is 1.38. The molecule has 0 heterocycles. The molecule has 0 fully saturated rings. The Hall–Kier alpha value is -1.77. The van der Waals surface area contributed by atoms with E-state index in [2.05, 4.69) is 23.2 Å². The Balaban J connectivity index is 2.78. The lowest BCUT2D eigenvalue weighted by molar-refractivity contribution is 0.294. The second-order valence-corrected chi connectivity index (χ2v) is 5.08.